The predicted molar refractivity (Wildman–Crippen MR) is 367 cm³/mol. The SMILES string of the molecule is COC(=O)[C@H]1CSSC[C@H](C(=O)OC)NC(=O)[C@H](Cc2ccccc2)N2Cc3cc(C)cc(c3O)Cc3cc(C)cc(c3O)Cc3cc(C)cc(c3O)CN(Cc3cc(C)cc(c3O)Cc3cc(C)cc(c3O)Cc3cc(C)cc(c3O)C2)[C@H](Cc2ccccc2)C(=O)N1. The molecule has 8 aromatic rings. The van der Waals surface area contributed by atoms with Crippen molar-refractivity contribution in [1.29, 1.82) is 0 Å². The largest absolute Gasteiger partial charge is 0.507 e. The third kappa shape index (κ3) is 16.2. The number of benzene rings is 8. The number of aryl methyl sites for hydroxylation is 6. The minimum atomic E-state index is -1.25. The second kappa shape index (κ2) is 30.0. The number of fused-ring (bicyclic) bond motifs is 25. The van der Waals surface area contributed by atoms with E-state index in [-0.39, 0.29) is 111 Å². The van der Waals surface area contributed by atoms with Gasteiger partial charge in [-0.05, 0) is 110 Å². The van der Waals surface area contributed by atoms with Crippen molar-refractivity contribution in [2.45, 2.75) is 130 Å². The number of phenols is 6. The zero-order valence-electron chi connectivity index (χ0n) is 54.3. The van der Waals surface area contributed by atoms with Crippen molar-refractivity contribution in [2.75, 3.05) is 25.7 Å². The summed E-state index contributed by atoms with van der Waals surface area (Å²) < 4.78 is 10.7. The highest BCUT2D eigenvalue weighted by Gasteiger charge is 2.36. The lowest BCUT2D eigenvalue weighted by Gasteiger charge is -2.33. The fourth-order valence-electron chi connectivity index (χ4n) is 13.3. The van der Waals surface area contributed by atoms with Gasteiger partial charge in [-0.15, -0.1) is 0 Å². The number of phenolic OH excluding ortho intramolecular Hbond substituents is 6. The van der Waals surface area contributed by atoms with Crippen molar-refractivity contribution < 1.29 is 59.3 Å². The van der Waals surface area contributed by atoms with Crippen molar-refractivity contribution in [3.8, 4) is 34.5 Å². The molecule has 0 unspecified atom stereocenters. The Morgan fingerprint density at radius 2 is 0.617 bits per heavy atom. The normalized spacial score (nSPS) is 19.2. The first-order chi connectivity index (χ1) is 45.0. The first-order valence-electron chi connectivity index (χ1n) is 31.5. The van der Waals surface area contributed by atoms with Crippen LogP contribution < -0.4 is 10.6 Å². The molecule has 2 aliphatic rings. The van der Waals surface area contributed by atoms with Gasteiger partial charge >= 0.3 is 11.9 Å². The molecule has 0 aromatic heterocycles. The molecule has 10 rings (SSSR count). The van der Waals surface area contributed by atoms with E-state index in [1.54, 1.807) is 0 Å². The topological polar surface area (TPSA) is 239 Å². The minimum Gasteiger partial charge on any atom is -0.507 e. The van der Waals surface area contributed by atoms with Crippen molar-refractivity contribution >= 4 is 45.3 Å². The van der Waals surface area contributed by atoms with E-state index in [0.717, 1.165) is 44.5 Å². The van der Waals surface area contributed by atoms with Gasteiger partial charge in [0.25, 0.3) is 0 Å². The Balaban J connectivity index is 1.24. The maximum Gasteiger partial charge on any atom is 0.329 e. The predicted octanol–water partition coefficient (Wildman–Crippen LogP) is 11.4. The number of hydrogen-bond acceptors (Lipinski definition) is 16. The van der Waals surface area contributed by atoms with Gasteiger partial charge in [0.2, 0.25) is 11.8 Å². The van der Waals surface area contributed by atoms with Crippen LogP contribution >= 0.6 is 21.6 Å². The van der Waals surface area contributed by atoms with E-state index < -0.39 is 47.9 Å². The number of nitrogens with zero attached hydrogens (tertiary/aromatic N) is 2. The molecule has 4 atom stereocenters. The number of rotatable bonds is 6. The summed E-state index contributed by atoms with van der Waals surface area (Å²) in [6, 6.07) is 36.3. The Morgan fingerprint density at radius 3 is 0.851 bits per heavy atom. The first kappa shape index (κ1) is 67.9. The molecule has 0 aliphatic carbocycles. The van der Waals surface area contributed by atoms with E-state index in [1.807, 2.05) is 185 Å². The van der Waals surface area contributed by atoms with Crippen LogP contribution in [0.5, 0.6) is 34.5 Å². The molecule has 0 saturated heterocycles. The molecule has 14 bridgehead atoms. The fraction of sp³-hybridized carbons (Fsp3) is 0.316. The third-order valence-electron chi connectivity index (χ3n) is 17.7. The standard InChI is InChI=1S/C76H82N4O12S2/c1-43-19-51-33-55-23-45(3)27-59(69(55)83)37-79-39-61-29-47(5)25-57(71(61)85)35-53-21-44(2)22-54(68(53)82)36-58-26-48(6)30-62(72(58)86)40-80(38-60-28-46(4)24-56(70(60)84)34-52(20-43)67(51)81)66(32-50-17-13-10-14-18-50)74(88)78-64(76(90)92-8)42-94-93-41-63(75(89)91-7)77-73(87)65(79)31-49-15-11-9-12-16-49/h9-30,63-66,81-86H,31-42H2,1-8H3,(H,77,87)(H,78,88)/t63-,64-,65-,66+/m1/s1. The van der Waals surface area contributed by atoms with E-state index in [1.165, 1.54) is 35.8 Å². The lowest BCUT2D eigenvalue weighted by atomic mass is 9.91. The molecule has 0 fully saturated rings. The second-order valence-electron chi connectivity index (χ2n) is 25.3. The van der Waals surface area contributed by atoms with Crippen LogP contribution in [-0.4, -0.2) is 114 Å². The van der Waals surface area contributed by atoms with Crippen LogP contribution in [-0.2, 0) is 93.4 Å². The number of carbonyl (C=O) groups excluding carboxylic acids is 4. The smallest absolute Gasteiger partial charge is 0.329 e. The van der Waals surface area contributed by atoms with Gasteiger partial charge in [-0.3, -0.25) is 19.4 Å². The van der Waals surface area contributed by atoms with Crippen LogP contribution in [0.4, 0.5) is 0 Å². The molecule has 94 heavy (non-hydrogen) atoms. The lowest BCUT2D eigenvalue weighted by molar-refractivity contribution is -0.145. The summed E-state index contributed by atoms with van der Waals surface area (Å²) in [4.78, 5) is 62.9. The summed E-state index contributed by atoms with van der Waals surface area (Å²) in [5.41, 5.74) is 12.1. The van der Waals surface area contributed by atoms with E-state index in [0.29, 0.717) is 66.8 Å². The minimum absolute atomic E-state index is 0.0359. The molecular weight excluding hydrogens is 1220 g/mol. The zero-order valence-corrected chi connectivity index (χ0v) is 56.0. The molecule has 16 nitrogen and oxygen atoms in total. The average Bonchev–Trinajstić information content (AvgIpc) is 0.810. The van der Waals surface area contributed by atoms with Crippen molar-refractivity contribution in [1.82, 2.24) is 20.4 Å². The van der Waals surface area contributed by atoms with Gasteiger partial charge in [0.15, 0.2) is 0 Å². The van der Waals surface area contributed by atoms with Crippen molar-refractivity contribution in [3.63, 3.8) is 0 Å². The molecule has 0 saturated carbocycles. The Bertz CT molecular complexity index is 3710. The highest BCUT2D eigenvalue weighted by atomic mass is 33.1. The molecule has 8 aromatic carbocycles. The number of ether oxygens (including phenoxy) is 2. The Morgan fingerprint density at radius 1 is 0.394 bits per heavy atom. The van der Waals surface area contributed by atoms with E-state index in [2.05, 4.69) is 10.6 Å². The molecule has 2 amide bonds. The maximum absolute atomic E-state index is 15.6. The zero-order chi connectivity index (χ0) is 67.1. The molecule has 8 N–H and O–H groups in total. The van der Waals surface area contributed by atoms with Crippen molar-refractivity contribution in [3.05, 3.63) is 245 Å². The van der Waals surface area contributed by atoms with Crippen LogP contribution in [0.15, 0.2) is 133 Å². The Kier molecular flexibility index (Phi) is 21.7. The van der Waals surface area contributed by atoms with Gasteiger partial charge in [-0.1, -0.05) is 188 Å². The highest BCUT2D eigenvalue weighted by molar-refractivity contribution is 8.76. The fourth-order valence-corrected chi connectivity index (χ4v) is 15.6. The Hall–Kier alpha value is -8.94. The summed E-state index contributed by atoms with van der Waals surface area (Å²) in [6.07, 6.45) is 0.514. The number of methoxy groups -OCH3 is 2. The number of nitrogens with one attached hydrogen (secondary N) is 2. The monoisotopic (exact) mass is 1310 g/mol. The summed E-state index contributed by atoms with van der Waals surface area (Å²) in [5, 5.41) is 81.7. The lowest BCUT2D eigenvalue weighted by Crippen LogP contribution is -2.53. The van der Waals surface area contributed by atoms with Gasteiger partial charge in [-0.2, -0.15) is 0 Å². The molecule has 0 spiro atoms. The quantitative estimate of drug-likeness (QED) is 0.0571. The summed E-state index contributed by atoms with van der Waals surface area (Å²) >= 11 is 0. The number of amides is 2. The molecule has 2 aliphatic heterocycles. The highest BCUT2D eigenvalue weighted by Crippen LogP contribution is 2.40. The van der Waals surface area contributed by atoms with Gasteiger partial charge in [0, 0.05) is 85.6 Å². The van der Waals surface area contributed by atoms with Crippen LogP contribution in [0.25, 0.3) is 0 Å². The summed E-state index contributed by atoms with van der Waals surface area (Å²) in [7, 11) is 4.80. The van der Waals surface area contributed by atoms with Gasteiger partial charge in [-0.25, -0.2) is 9.59 Å². The van der Waals surface area contributed by atoms with E-state index in [9.17, 15) is 40.2 Å². The second-order valence-corrected chi connectivity index (χ2v) is 27.8. The number of esters is 2. The first-order valence-corrected chi connectivity index (χ1v) is 34.0. The van der Waals surface area contributed by atoms with Gasteiger partial charge in [0.1, 0.15) is 46.6 Å². The van der Waals surface area contributed by atoms with E-state index in [4.69, 9.17) is 9.47 Å². The maximum atomic E-state index is 15.6. The number of carbonyl (C=O) groups is 4. The molecule has 2 heterocycles. The third-order valence-corrected chi connectivity index (χ3v) is 20.1. The molecule has 18 heteroatoms. The number of aromatic hydroxyl groups is 6. The molecule has 0 radical (unpaired) electrons. The van der Waals surface area contributed by atoms with Gasteiger partial charge < -0.3 is 50.7 Å². The van der Waals surface area contributed by atoms with E-state index >= 15 is 9.59 Å². The van der Waals surface area contributed by atoms with Crippen LogP contribution in [0.1, 0.15) is 111 Å². The molecule has 490 valence electrons. The van der Waals surface area contributed by atoms with Crippen LogP contribution in [0.2, 0.25) is 0 Å². The summed E-state index contributed by atoms with van der Waals surface area (Å²) in [6.45, 7) is 11.2. The average molecular weight is 1310 g/mol. The summed E-state index contributed by atoms with van der Waals surface area (Å²) in [5.74, 6) is -3.11. The molecular formula is C76H82N4O12S2. The van der Waals surface area contributed by atoms with Crippen LogP contribution in [0.3, 0.4) is 0 Å². The van der Waals surface area contributed by atoms with Crippen LogP contribution in [0, 0.1) is 41.5 Å². The number of hydrogen-bond donors (Lipinski definition) is 8. The van der Waals surface area contributed by atoms with Gasteiger partial charge in [0.05, 0.1) is 26.3 Å². The Labute approximate surface area is 557 Å². The van der Waals surface area contributed by atoms with Crippen molar-refractivity contribution in [2.24, 2.45) is 0 Å².